The number of nitrogens with one attached hydrogen (secondary N) is 1. The second-order valence-electron chi connectivity index (χ2n) is 2.87. The monoisotopic (exact) mass is 194 g/mol. The predicted octanol–water partition coefficient (Wildman–Crippen LogP) is 1.86. The van der Waals surface area contributed by atoms with Crippen LogP contribution in [0.15, 0.2) is 23.8 Å². The molecule has 1 atom stereocenters. The molecule has 0 spiro atoms. The number of aliphatic hydroxyl groups is 1. The SMILES string of the molecule is Cc1cc(C(O)c2ncc[nH]2)cs1. The lowest BCUT2D eigenvalue weighted by Gasteiger charge is -2.03. The third-order valence-corrected chi connectivity index (χ3v) is 2.72. The molecule has 2 aromatic rings. The molecule has 0 saturated heterocycles. The number of imidazole rings is 1. The number of aryl methyl sites for hydroxylation is 1. The maximum Gasteiger partial charge on any atom is 0.139 e. The van der Waals surface area contributed by atoms with E-state index in [4.69, 9.17) is 0 Å². The van der Waals surface area contributed by atoms with Gasteiger partial charge in [-0.1, -0.05) is 0 Å². The van der Waals surface area contributed by atoms with Crippen molar-refractivity contribution < 1.29 is 5.11 Å². The Bertz CT molecular complexity index is 380. The maximum absolute atomic E-state index is 9.81. The summed E-state index contributed by atoms with van der Waals surface area (Å²) in [6.07, 6.45) is 2.72. The Hall–Kier alpha value is -1.13. The summed E-state index contributed by atoms with van der Waals surface area (Å²) in [6, 6.07) is 1.97. The van der Waals surface area contributed by atoms with Crippen molar-refractivity contribution in [2.75, 3.05) is 0 Å². The van der Waals surface area contributed by atoms with Gasteiger partial charge < -0.3 is 10.1 Å². The minimum absolute atomic E-state index is 0.595. The van der Waals surface area contributed by atoms with Gasteiger partial charge >= 0.3 is 0 Å². The van der Waals surface area contributed by atoms with E-state index in [9.17, 15) is 5.11 Å². The topological polar surface area (TPSA) is 48.9 Å². The van der Waals surface area contributed by atoms with Crippen LogP contribution in [-0.4, -0.2) is 15.1 Å². The molecule has 1 unspecified atom stereocenters. The Kier molecular flexibility index (Phi) is 2.16. The molecule has 68 valence electrons. The van der Waals surface area contributed by atoms with Gasteiger partial charge in [0.05, 0.1) is 0 Å². The van der Waals surface area contributed by atoms with Crippen molar-refractivity contribution in [2.45, 2.75) is 13.0 Å². The second kappa shape index (κ2) is 3.32. The quantitative estimate of drug-likeness (QED) is 0.766. The second-order valence-corrected chi connectivity index (χ2v) is 3.98. The van der Waals surface area contributed by atoms with Crippen molar-refractivity contribution in [1.29, 1.82) is 0 Å². The summed E-state index contributed by atoms with van der Waals surface area (Å²) in [7, 11) is 0. The Morgan fingerprint density at radius 2 is 2.46 bits per heavy atom. The van der Waals surface area contributed by atoms with E-state index in [1.165, 1.54) is 4.88 Å². The van der Waals surface area contributed by atoms with Gasteiger partial charge in [-0.05, 0) is 23.9 Å². The molecular formula is C9H10N2OS. The fraction of sp³-hybridized carbons (Fsp3) is 0.222. The Morgan fingerprint density at radius 3 is 3.00 bits per heavy atom. The number of hydrogen-bond acceptors (Lipinski definition) is 3. The van der Waals surface area contributed by atoms with Gasteiger partial charge in [0.25, 0.3) is 0 Å². The van der Waals surface area contributed by atoms with E-state index in [-0.39, 0.29) is 0 Å². The van der Waals surface area contributed by atoms with Gasteiger partial charge in [-0.2, -0.15) is 0 Å². The van der Waals surface area contributed by atoms with Crippen molar-refractivity contribution in [3.8, 4) is 0 Å². The third-order valence-electron chi connectivity index (χ3n) is 1.84. The summed E-state index contributed by atoms with van der Waals surface area (Å²) in [6.45, 7) is 2.02. The molecule has 0 aromatic carbocycles. The summed E-state index contributed by atoms with van der Waals surface area (Å²) in [5.41, 5.74) is 0.900. The summed E-state index contributed by atoms with van der Waals surface area (Å²) in [4.78, 5) is 8.08. The van der Waals surface area contributed by atoms with Crippen molar-refractivity contribution in [2.24, 2.45) is 0 Å². The van der Waals surface area contributed by atoms with Crippen LogP contribution >= 0.6 is 11.3 Å². The van der Waals surface area contributed by atoms with E-state index in [0.717, 1.165) is 5.56 Å². The van der Waals surface area contributed by atoms with Crippen molar-refractivity contribution in [1.82, 2.24) is 9.97 Å². The molecule has 0 aliphatic carbocycles. The molecule has 0 aliphatic rings. The van der Waals surface area contributed by atoms with E-state index in [1.54, 1.807) is 23.7 Å². The highest BCUT2D eigenvalue weighted by Crippen LogP contribution is 2.23. The normalized spacial score (nSPS) is 13.1. The molecule has 2 N–H and O–H groups in total. The minimum Gasteiger partial charge on any atom is -0.380 e. The molecule has 2 rings (SSSR count). The first-order valence-electron chi connectivity index (χ1n) is 4.00. The number of rotatable bonds is 2. The van der Waals surface area contributed by atoms with Crippen molar-refractivity contribution in [3.05, 3.63) is 40.1 Å². The van der Waals surface area contributed by atoms with Crippen LogP contribution < -0.4 is 0 Å². The van der Waals surface area contributed by atoms with E-state index >= 15 is 0 Å². The van der Waals surface area contributed by atoms with E-state index in [1.807, 2.05) is 18.4 Å². The molecule has 2 aromatic heterocycles. The molecule has 3 nitrogen and oxygen atoms in total. The molecule has 0 radical (unpaired) electrons. The number of H-pyrrole nitrogens is 1. The Balaban J connectivity index is 2.28. The fourth-order valence-corrected chi connectivity index (χ4v) is 1.92. The third kappa shape index (κ3) is 1.64. The van der Waals surface area contributed by atoms with Gasteiger partial charge in [0.1, 0.15) is 11.9 Å². The van der Waals surface area contributed by atoms with E-state index in [2.05, 4.69) is 9.97 Å². The summed E-state index contributed by atoms with van der Waals surface area (Å²) in [5, 5.41) is 11.8. The average Bonchev–Trinajstić information content (AvgIpc) is 2.72. The standard InChI is InChI=1S/C9H10N2OS/c1-6-4-7(5-13-6)8(12)9-10-2-3-11-9/h2-5,8,12H,1H3,(H,10,11). The average molecular weight is 194 g/mol. The lowest BCUT2D eigenvalue weighted by Crippen LogP contribution is -1.99. The van der Waals surface area contributed by atoms with Gasteiger partial charge in [-0.15, -0.1) is 11.3 Å². The molecule has 0 amide bonds. The summed E-state index contributed by atoms with van der Waals surface area (Å²) < 4.78 is 0. The number of hydrogen-bond donors (Lipinski definition) is 2. The molecule has 0 bridgehead atoms. The van der Waals surface area contributed by atoms with Crippen LogP contribution in [0.3, 0.4) is 0 Å². The molecule has 2 heterocycles. The van der Waals surface area contributed by atoms with Crippen LogP contribution in [0.1, 0.15) is 22.4 Å². The highest BCUT2D eigenvalue weighted by molar-refractivity contribution is 7.10. The van der Waals surface area contributed by atoms with Gasteiger partial charge in [-0.25, -0.2) is 4.98 Å². The summed E-state index contributed by atoms with van der Waals surface area (Å²) in [5.74, 6) is 0.595. The van der Waals surface area contributed by atoms with Gasteiger partial charge in [0, 0.05) is 17.3 Å². The molecule has 0 aliphatic heterocycles. The molecule has 0 fully saturated rings. The first-order chi connectivity index (χ1) is 6.27. The lowest BCUT2D eigenvalue weighted by atomic mass is 10.2. The smallest absolute Gasteiger partial charge is 0.139 e. The number of thiophene rings is 1. The Morgan fingerprint density at radius 1 is 1.62 bits per heavy atom. The first kappa shape index (κ1) is 8.47. The fourth-order valence-electron chi connectivity index (χ4n) is 1.19. The molecular weight excluding hydrogens is 184 g/mol. The zero-order valence-electron chi connectivity index (χ0n) is 7.19. The van der Waals surface area contributed by atoms with Crippen molar-refractivity contribution in [3.63, 3.8) is 0 Å². The number of aromatic nitrogens is 2. The molecule has 13 heavy (non-hydrogen) atoms. The highest BCUT2D eigenvalue weighted by Gasteiger charge is 2.13. The van der Waals surface area contributed by atoms with Crippen molar-refractivity contribution >= 4 is 11.3 Å². The van der Waals surface area contributed by atoms with Crippen LogP contribution in [0.4, 0.5) is 0 Å². The van der Waals surface area contributed by atoms with E-state index in [0.29, 0.717) is 5.82 Å². The number of aromatic amines is 1. The largest absolute Gasteiger partial charge is 0.380 e. The summed E-state index contributed by atoms with van der Waals surface area (Å²) >= 11 is 1.63. The molecule has 0 saturated carbocycles. The predicted molar refractivity (Wildman–Crippen MR) is 51.7 cm³/mol. The lowest BCUT2D eigenvalue weighted by molar-refractivity contribution is 0.211. The highest BCUT2D eigenvalue weighted by atomic mass is 32.1. The van der Waals surface area contributed by atoms with Crippen LogP contribution in [-0.2, 0) is 0 Å². The minimum atomic E-state index is -0.625. The van der Waals surface area contributed by atoms with Gasteiger partial charge in [0.15, 0.2) is 0 Å². The van der Waals surface area contributed by atoms with Crippen LogP contribution in [0.5, 0.6) is 0 Å². The zero-order valence-corrected chi connectivity index (χ0v) is 8.01. The Labute approximate surface area is 80.1 Å². The first-order valence-corrected chi connectivity index (χ1v) is 4.87. The van der Waals surface area contributed by atoms with Crippen LogP contribution in [0.25, 0.3) is 0 Å². The molecule has 4 heteroatoms. The zero-order chi connectivity index (χ0) is 9.26. The van der Waals surface area contributed by atoms with Crippen LogP contribution in [0, 0.1) is 6.92 Å². The number of aliphatic hydroxyl groups excluding tert-OH is 1. The van der Waals surface area contributed by atoms with E-state index < -0.39 is 6.10 Å². The van der Waals surface area contributed by atoms with Gasteiger partial charge in [0.2, 0.25) is 0 Å². The maximum atomic E-state index is 9.81. The van der Waals surface area contributed by atoms with Crippen LogP contribution in [0.2, 0.25) is 0 Å². The van der Waals surface area contributed by atoms with Gasteiger partial charge in [-0.3, -0.25) is 0 Å². The number of nitrogens with zero attached hydrogens (tertiary/aromatic N) is 1.